The number of rotatable bonds is 6. The highest BCUT2D eigenvalue weighted by Gasteiger charge is 2.45. The molecule has 2 aliphatic carbocycles. The van der Waals surface area contributed by atoms with E-state index < -0.39 is 11.6 Å². The van der Waals surface area contributed by atoms with Crippen molar-refractivity contribution < 1.29 is 13.5 Å². The Morgan fingerprint density at radius 1 is 0.957 bits per heavy atom. The molecule has 0 bridgehead atoms. The Kier molecular flexibility index (Phi) is 5.23. The van der Waals surface area contributed by atoms with E-state index in [9.17, 15) is 8.78 Å². The maximum atomic E-state index is 14.6. The second kappa shape index (κ2) is 7.19. The molecule has 128 valence electrons. The fourth-order valence-electron chi connectivity index (χ4n) is 4.99. The Hall–Kier alpha value is -1.12. The lowest BCUT2D eigenvalue weighted by atomic mass is 9.84. The summed E-state index contributed by atoms with van der Waals surface area (Å²) >= 11 is 0. The lowest BCUT2D eigenvalue weighted by Gasteiger charge is -2.22. The zero-order valence-corrected chi connectivity index (χ0v) is 14.3. The van der Waals surface area contributed by atoms with Crippen molar-refractivity contribution in [2.75, 3.05) is 6.61 Å². The minimum atomic E-state index is -0.803. The van der Waals surface area contributed by atoms with Gasteiger partial charge in [0, 0.05) is 0 Å². The third kappa shape index (κ3) is 3.12. The summed E-state index contributed by atoms with van der Waals surface area (Å²) in [4.78, 5) is 0. The van der Waals surface area contributed by atoms with Gasteiger partial charge in [0.15, 0.2) is 11.6 Å². The summed E-state index contributed by atoms with van der Waals surface area (Å²) < 4.78 is 34.2. The second-order valence-electron chi connectivity index (χ2n) is 7.27. The molecule has 0 radical (unpaired) electrons. The third-order valence-corrected chi connectivity index (χ3v) is 5.95. The number of ether oxygens (including phenoxy) is 1. The summed E-state index contributed by atoms with van der Waals surface area (Å²) in [7, 11) is 0. The van der Waals surface area contributed by atoms with Crippen LogP contribution in [-0.2, 0) is 0 Å². The summed E-state index contributed by atoms with van der Waals surface area (Å²) in [5.41, 5.74) is 0.580. The Morgan fingerprint density at radius 3 is 2.48 bits per heavy atom. The number of benzene rings is 1. The van der Waals surface area contributed by atoms with Crippen LogP contribution in [0.15, 0.2) is 12.1 Å². The van der Waals surface area contributed by atoms with Gasteiger partial charge in [0.2, 0.25) is 5.82 Å². The van der Waals surface area contributed by atoms with Gasteiger partial charge in [-0.1, -0.05) is 32.8 Å². The first-order valence-electron chi connectivity index (χ1n) is 9.28. The van der Waals surface area contributed by atoms with Crippen LogP contribution in [-0.4, -0.2) is 6.61 Å². The standard InChI is InChI=1S/C20H28F2O/c1-3-5-13-6-7-15-14(13)8-9-16(15)17-10-11-18(23-12-4-2)20(22)19(17)21/h10-11,13-16H,3-9,12H2,1-2H3. The van der Waals surface area contributed by atoms with Crippen molar-refractivity contribution in [1.82, 2.24) is 0 Å². The van der Waals surface area contributed by atoms with Crippen molar-refractivity contribution in [2.24, 2.45) is 17.8 Å². The van der Waals surface area contributed by atoms with Crippen LogP contribution in [0.3, 0.4) is 0 Å². The average molecular weight is 322 g/mol. The Morgan fingerprint density at radius 2 is 1.74 bits per heavy atom. The molecule has 0 aromatic heterocycles. The molecule has 3 rings (SSSR count). The molecule has 4 unspecified atom stereocenters. The van der Waals surface area contributed by atoms with Crippen molar-refractivity contribution >= 4 is 0 Å². The van der Waals surface area contributed by atoms with Gasteiger partial charge in [-0.2, -0.15) is 4.39 Å². The van der Waals surface area contributed by atoms with Gasteiger partial charge in [0.05, 0.1) is 6.61 Å². The average Bonchev–Trinajstić information content (AvgIpc) is 3.13. The van der Waals surface area contributed by atoms with Crippen LogP contribution in [0.25, 0.3) is 0 Å². The van der Waals surface area contributed by atoms with E-state index in [0.717, 1.165) is 24.7 Å². The van der Waals surface area contributed by atoms with E-state index in [4.69, 9.17) is 4.74 Å². The van der Waals surface area contributed by atoms with E-state index >= 15 is 0 Å². The summed E-state index contributed by atoms with van der Waals surface area (Å²) in [6, 6.07) is 3.39. The van der Waals surface area contributed by atoms with Crippen LogP contribution in [0.1, 0.15) is 70.3 Å². The molecule has 0 amide bonds. The van der Waals surface area contributed by atoms with Crippen LogP contribution in [0, 0.1) is 29.4 Å². The molecule has 0 spiro atoms. The van der Waals surface area contributed by atoms with Crippen LogP contribution in [0.4, 0.5) is 8.78 Å². The molecule has 2 aliphatic rings. The van der Waals surface area contributed by atoms with E-state index in [2.05, 4.69) is 6.92 Å². The Bertz CT molecular complexity index is 543. The monoisotopic (exact) mass is 322 g/mol. The topological polar surface area (TPSA) is 9.23 Å². The van der Waals surface area contributed by atoms with Crippen molar-refractivity contribution in [2.45, 2.75) is 64.7 Å². The third-order valence-electron chi connectivity index (χ3n) is 5.95. The fraction of sp³-hybridized carbons (Fsp3) is 0.700. The van der Waals surface area contributed by atoms with Gasteiger partial charge < -0.3 is 4.74 Å². The number of halogens is 2. The van der Waals surface area contributed by atoms with Crippen molar-refractivity contribution in [1.29, 1.82) is 0 Å². The van der Waals surface area contributed by atoms with Crippen LogP contribution >= 0.6 is 0 Å². The maximum Gasteiger partial charge on any atom is 0.200 e. The highest BCUT2D eigenvalue weighted by atomic mass is 19.2. The molecule has 0 N–H and O–H groups in total. The van der Waals surface area contributed by atoms with E-state index in [1.165, 1.54) is 32.1 Å². The van der Waals surface area contributed by atoms with Crippen molar-refractivity contribution in [3.05, 3.63) is 29.3 Å². The van der Waals surface area contributed by atoms with E-state index in [1.807, 2.05) is 6.92 Å². The van der Waals surface area contributed by atoms with E-state index in [1.54, 1.807) is 12.1 Å². The SMILES string of the molecule is CCCOc1ccc(C2CCC3C(CCC)CCC23)c(F)c1F. The second-order valence-corrected chi connectivity index (χ2v) is 7.27. The molecule has 1 aromatic carbocycles. The predicted molar refractivity (Wildman–Crippen MR) is 88.7 cm³/mol. The van der Waals surface area contributed by atoms with Gasteiger partial charge in [-0.25, -0.2) is 4.39 Å². The number of hydrogen-bond acceptors (Lipinski definition) is 1. The maximum absolute atomic E-state index is 14.6. The van der Waals surface area contributed by atoms with Crippen LogP contribution in [0.5, 0.6) is 5.75 Å². The van der Waals surface area contributed by atoms with Crippen LogP contribution in [0.2, 0.25) is 0 Å². The Balaban J connectivity index is 1.79. The van der Waals surface area contributed by atoms with Gasteiger partial charge in [-0.3, -0.25) is 0 Å². The zero-order valence-electron chi connectivity index (χ0n) is 14.3. The molecule has 23 heavy (non-hydrogen) atoms. The molecule has 1 aromatic rings. The van der Waals surface area contributed by atoms with Gasteiger partial charge >= 0.3 is 0 Å². The quantitative estimate of drug-likeness (QED) is 0.617. The molecule has 3 heteroatoms. The van der Waals surface area contributed by atoms with E-state index in [0.29, 0.717) is 18.1 Å². The molecule has 0 heterocycles. The summed E-state index contributed by atoms with van der Waals surface area (Å²) in [5.74, 6) is 0.830. The lowest BCUT2D eigenvalue weighted by molar-refractivity contribution is 0.292. The number of hydrogen-bond donors (Lipinski definition) is 0. The normalized spacial score (nSPS) is 29.7. The minimum absolute atomic E-state index is 0.0536. The van der Waals surface area contributed by atoms with Crippen LogP contribution < -0.4 is 4.74 Å². The smallest absolute Gasteiger partial charge is 0.200 e. The first-order valence-corrected chi connectivity index (χ1v) is 9.28. The first-order chi connectivity index (χ1) is 11.2. The number of fused-ring (bicyclic) bond motifs is 1. The summed E-state index contributed by atoms with van der Waals surface area (Å²) in [6.45, 7) is 4.61. The molecular weight excluding hydrogens is 294 g/mol. The summed E-state index contributed by atoms with van der Waals surface area (Å²) in [6.07, 6.45) is 7.92. The predicted octanol–water partition coefficient (Wildman–Crippen LogP) is 6.07. The van der Waals surface area contributed by atoms with Gasteiger partial charge in [-0.15, -0.1) is 0 Å². The first kappa shape index (κ1) is 16.7. The minimum Gasteiger partial charge on any atom is -0.490 e. The zero-order chi connectivity index (χ0) is 16.4. The molecule has 4 atom stereocenters. The molecule has 2 saturated carbocycles. The molecular formula is C20H28F2O. The Labute approximate surface area is 138 Å². The summed E-state index contributed by atoms with van der Waals surface area (Å²) in [5, 5.41) is 0. The highest BCUT2D eigenvalue weighted by Crippen LogP contribution is 2.56. The lowest BCUT2D eigenvalue weighted by Crippen LogP contribution is -2.13. The molecule has 0 aliphatic heterocycles. The van der Waals surface area contributed by atoms with E-state index in [-0.39, 0.29) is 11.7 Å². The van der Waals surface area contributed by atoms with Gasteiger partial charge in [-0.05, 0) is 67.4 Å². The van der Waals surface area contributed by atoms with Crippen molar-refractivity contribution in [3.63, 3.8) is 0 Å². The molecule has 0 saturated heterocycles. The van der Waals surface area contributed by atoms with Gasteiger partial charge in [0.1, 0.15) is 0 Å². The highest BCUT2D eigenvalue weighted by molar-refractivity contribution is 5.34. The van der Waals surface area contributed by atoms with Gasteiger partial charge in [0.25, 0.3) is 0 Å². The van der Waals surface area contributed by atoms with Crippen molar-refractivity contribution in [3.8, 4) is 5.75 Å². The largest absolute Gasteiger partial charge is 0.490 e. The fourth-order valence-corrected chi connectivity index (χ4v) is 4.99. The molecule has 2 fully saturated rings. The molecule has 1 nitrogen and oxygen atoms in total.